The fourth-order valence-corrected chi connectivity index (χ4v) is 4.87. The van der Waals surface area contributed by atoms with Gasteiger partial charge in [-0.1, -0.05) is 11.6 Å². The number of halogens is 4. The summed E-state index contributed by atoms with van der Waals surface area (Å²) >= 11 is 8.82. The summed E-state index contributed by atoms with van der Waals surface area (Å²) < 4.78 is 54.1. The lowest BCUT2D eigenvalue weighted by Gasteiger charge is -2.31. The van der Waals surface area contributed by atoms with Crippen LogP contribution >= 0.6 is 27.5 Å². The lowest BCUT2D eigenvalue weighted by atomic mass is 9.91. The molecule has 1 amide bonds. The van der Waals surface area contributed by atoms with Gasteiger partial charge in [-0.05, 0) is 53.0 Å². The van der Waals surface area contributed by atoms with E-state index < -0.39 is 39.7 Å². The highest BCUT2D eigenvalue weighted by Gasteiger charge is 2.32. The zero-order valence-corrected chi connectivity index (χ0v) is 17.2. The van der Waals surface area contributed by atoms with Gasteiger partial charge in [0.05, 0.1) is 15.6 Å². The topological polar surface area (TPSA) is 95.5 Å². The van der Waals surface area contributed by atoms with Crippen molar-refractivity contribution in [2.45, 2.75) is 29.9 Å². The van der Waals surface area contributed by atoms with Gasteiger partial charge in [-0.2, -0.15) is 0 Å². The Hall–Kier alpha value is -1.59. The molecule has 2 aromatic rings. The van der Waals surface area contributed by atoms with Gasteiger partial charge in [-0.25, -0.2) is 21.9 Å². The maximum absolute atomic E-state index is 13.5. The second kappa shape index (κ2) is 8.03. The van der Waals surface area contributed by atoms with Crippen molar-refractivity contribution >= 4 is 49.1 Å². The summed E-state index contributed by atoms with van der Waals surface area (Å²) in [5.41, 5.74) is -0.0593. The molecule has 1 aliphatic carbocycles. The average molecular weight is 496 g/mol. The summed E-state index contributed by atoms with van der Waals surface area (Å²) in [6.45, 7) is 0. The van der Waals surface area contributed by atoms with E-state index >= 15 is 0 Å². The first-order valence-corrected chi connectivity index (χ1v) is 10.7. The van der Waals surface area contributed by atoms with E-state index in [4.69, 9.17) is 11.6 Å². The van der Waals surface area contributed by atoms with E-state index in [-0.39, 0.29) is 25.6 Å². The molecule has 0 unspecified atom stereocenters. The molecule has 0 radical (unpaired) electrons. The number of nitrogens with one attached hydrogen (secondary N) is 2. The van der Waals surface area contributed by atoms with Gasteiger partial charge in [-0.3, -0.25) is 4.79 Å². The van der Waals surface area contributed by atoms with Crippen LogP contribution in [0, 0.1) is 11.6 Å². The quantitative estimate of drug-likeness (QED) is 0.554. The van der Waals surface area contributed by atoms with Crippen molar-refractivity contribution in [1.82, 2.24) is 4.72 Å². The number of aliphatic hydroxyl groups excluding tert-OH is 1. The summed E-state index contributed by atoms with van der Waals surface area (Å²) in [5.74, 6) is -2.98. The molecule has 0 saturated heterocycles. The normalized spacial score (nSPS) is 19.2. The number of carbonyl (C=O) groups is 1. The van der Waals surface area contributed by atoms with Crippen molar-refractivity contribution in [3.05, 3.63) is 57.0 Å². The van der Waals surface area contributed by atoms with Crippen LogP contribution in [-0.4, -0.2) is 31.6 Å². The molecular formula is C17H14BrClF2N2O4S. The van der Waals surface area contributed by atoms with Crippen LogP contribution in [0.5, 0.6) is 0 Å². The van der Waals surface area contributed by atoms with E-state index in [0.717, 1.165) is 12.1 Å². The fraction of sp³-hybridized carbons (Fsp3) is 0.235. The van der Waals surface area contributed by atoms with Crippen molar-refractivity contribution in [2.24, 2.45) is 0 Å². The third kappa shape index (κ3) is 4.52. The van der Waals surface area contributed by atoms with Crippen LogP contribution in [0.3, 0.4) is 0 Å². The van der Waals surface area contributed by atoms with Gasteiger partial charge in [0.15, 0.2) is 11.6 Å². The Bertz CT molecular complexity index is 1020. The number of benzene rings is 2. The third-order valence-corrected chi connectivity index (χ3v) is 6.74. The molecule has 0 aromatic heterocycles. The van der Waals surface area contributed by atoms with E-state index in [9.17, 15) is 27.1 Å². The van der Waals surface area contributed by atoms with Crippen LogP contribution in [0.15, 0.2) is 39.7 Å². The van der Waals surface area contributed by atoms with Crippen LogP contribution in [0.2, 0.25) is 5.02 Å². The van der Waals surface area contributed by atoms with Crippen LogP contribution < -0.4 is 10.0 Å². The monoisotopic (exact) mass is 494 g/mol. The molecule has 2 aromatic carbocycles. The number of amides is 1. The zero-order valence-electron chi connectivity index (χ0n) is 14.0. The van der Waals surface area contributed by atoms with E-state index in [1.54, 1.807) is 0 Å². The van der Waals surface area contributed by atoms with Crippen molar-refractivity contribution in [3.8, 4) is 0 Å². The smallest absolute Gasteiger partial charge is 0.255 e. The molecule has 1 aliphatic rings. The minimum Gasteiger partial charge on any atom is -0.393 e. The van der Waals surface area contributed by atoms with Crippen molar-refractivity contribution in [2.75, 3.05) is 5.32 Å². The molecule has 0 atom stereocenters. The molecule has 0 spiro atoms. The van der Waals surface area contributed by atoms with Crippen LogP contribution in [0.4, 0.5) is 14.5 Å². The highest BCUT2D eigenvalue weighted by molar-refractivity contribution is 9.10. The molecule has 0 bridgehead atoms. The van der Waals surface area contributed by atoms with E-state index in [0.29, 0.717) is 12.8 Å². The first-order chi connectivity index (χ1) is 13.1. The van der Waals surface area contributed by atoms with Crippen molar-refractivity contribution in [3.63, 3.8) is 0 Å². The number of aliphatic hydroxyl groups is 1. The third-order valence-electron chi connectivity index (χ3n) is 4.16. The molecule has 11 heteroatoms. The lowest BCUT2D eigenvalue weighted by molar-refractivity contribution is 0.0712. The van der Waals surface area contributed by atoms with Gasteiger partial charge in [0.2, 0.25) is 10.0 Å². The van der Waals surface area contributed by atoms with Crippen molar-refractivity contribution < 1.29 is 27.1 Å². The SMILES string of the molecule is O=C(Nc1cc(F)c(F)c(Br)c1)c1ccc(Cl)c(S(=O)(=O)NC2CC(O)C2)c1. The number of rotatable bonds is 5. The number of hydrogen-bond donors (Lipinski definition) is 3. The molecule has 0 aliphatic heterocycles. The Kier molecular flexibility index (Phi) is 6.06. The van der Waals surface area contributed by atoms with E-state index in [2.05, 4.69) is 26.0 Å². The summed E-state index contributed by atoms with van der Waals surface area (Å²) in [7, 11) is -4.01. The highest BCUT2D eigenvalue weighted by Crippen LogP contribution is 2.27. The molecule has 3 rings (SSSR count). The number of sulfonamides is 1. The van der Waals surface area contributed by atoms with Gasteiger partial charge >= 0.3 is 0 Å². The maximum Gasteiger partial charge on any atom is 0.255 e. The standard InChI is InChI=1S/C17H14BrClF2N2O4S/c18-12-6-9(7-14(20)16(12)21)22-17(25)8-1-2-13(19)15(3-8)28(26,27)23-10-4-11(24)5-10/h1-3,6-7,10-11,23-24H,4-5H2,(H,22,25). The van der Waals surface area contributed by atoms with Gasteiger partial charge in [-0.15, -0.1) is 0 Å². The van der Waals surface area contributed by atoms with Gasteiger partial charge in [0.25, 0.3) is 5.91 Å². The minimum absolute atomic E-state index is 0.0169. The molecule has 1 saturated carbocycles. The maximum atomic E-state index is 13.5. The summed E-state index contributed by atoms with van der Waals surface area (Å²) in [5, 5.41) is 11.6. The molecule has 3 N–H and O–H groups in total. The number of anilines is 1. The molecule has 0 heterocycles. The van der Waals surface area contributed by atoms with Gasteiger partial charge < -0.3 is 10.4 Å². The Morgan fingerprint density at radius 1 is 1.21 bits per heavy atom. The zero-order chi connectivity index (χ0) is 20.6. The minimum atomic E-state index is -4.01. The van der Waals surface area contributed by atoms with Crippen LogP contribution in [0.25, 0.3) is 0 Å². The van der Waals surface area contributed by atoms with Crippen LogP contribution in [-0.2, 0) is 10.0 Å². The number of carbonyl (C=O) groups excluding carboxylic acids is 1. The second-order valence-electron chi connectivity index (χ2n) is 6.30. The largest absolute Gasteiger partial charge is 0.393 e. The Morgan fingerprint density at radius 3 is 2.50 bits per heavy atom. The number of hydrogen-bond acceptors (Lipinski definition) is 4. The Balaban J connectivity index is 1.83. The van der Waals surface area contributed by atoms with E-state index in [1.807, 2.05) is 0 Å². The summed E-state index contributed by atoms with van der Waals surface area (Å²) in [6, 6.07) is 5.21. The molecular weight excluding hydrogens is 482 g/mol. The highest BCUT2D eigenvalue weighted by atomic mass is 79.9. The average Bonchev–Trinajstić information content (AvgIpc) is 2.58. The first-order valence-electron chi connectivity index (χ1n) is 8.02. The Morgan fingerprint density at radius 2 is 1.89 bits per heavy atom. The Labute approximate surface area is 173 Å². The lowest BCUT2D eigenvalue weighted by Crippen LogP contribution is -2.46. The van der Waals surface area contributed by atoms with Crippen molar-refractivity contribution in [1.29, 1.82) is 0 Å². The molecule has 6 nitrogen and oxygen atoms in total. The van der Waals surface area contributed by atoms with Crippen LogP contribution in [0.1, 0.15) is 23.2 Å². The fourth-order valence-electron chi connectivity index (χ4n) is 2.65. The summed E-state index contributed by atoms with van der Waals surface area (Å²) in [4.78, 5) is 12.1. The van der Waals surface area contributed by atoms with E-state index in [1.165, 1.54) is 18.2 Å². The van der Waals surface area contributed by atoms with Gasteiger partial charge in [0.1, 0.15) is 4.90 Å². The molecule has 1 fully saturated rings. The molecule has 28 heavy (non-hydrogen) atoms. The predicted molar refractivity (Wildman–Crippen MR) is 103 cm³/mol. The molecule has 150 valence electrons. The second-order valence-corrected chi connectivity index (χ2v) is 9.24. The summed E-state index contributed by atoms with van der Waals surface area (Å²) in [6.07, 6.45) is 0.0417. The first kappa shape index (κ1) is 21.1. The predicted octanol–water partition coefficient (Wildman–Crippen LogP) is 3.43. The van der Waals surface area contributed by atoms with Gasteiger partial charge in [0, 0.05) is 23.4 Å².